The molecule has 2 rings (SSSR count). The van der Waals surface area contributed by atoms with E-state index in [9.17, 15) is 5.11 Å². The van der Waals surface area contributed by atoms with Crippen LogP contribution in [0.25, 0.3) is 11.0 Å². The van der Waals surface area contributed by atoms with Gasteiger partial charge < -0.3 is 9.52 Å². The zero-order valence-electron chi connectivity index (χ0n) is 6.87. The fourth-order valence-electron chi connectivity index (χ4n) is 1.42. The van der Waals surface area contributed by atoms with Crippen LogP contribution < -0.4 is 0 Å². The summed E-state index contributed by atoms with van der Waals surface area (Å²) < 4.78 is 5.18. The second-order valence-corrected chi connectivity index (χ2v) is 2.79. The van der Waals surface area contributed by atoms with Gasteiger partial charge in [-0.3, -0.25) is 0 Å². The molecule has 62 valence electrons. The summed E-state index contributed by atoms with van der Waals surface area (Å²) in [7, 11) is 0. The Morgan fingerprint density at radius 3 is 3.00 bits per heavy atom. The fourth-order valence-corrected chi connectivity index (χ4v) is 1.42. The molecule has 0 aliphatic heterocycles. The zero-order valence-corrected chi connectivity index (χ0v) is 6.87. The van der Waals surface area contributed by atoms with Gasteiger partial charge in [0.25, 0.3) is 0 Å². The van der Waals surface area contributed by atoms with E-state index in [2.05, 4.69) is 6.92 Å². The molecular formula is C10H10O2. The predicted octanol–water partition coefficient (Wildman–Crippen LogP) is 2.70. The van der Waals surface area contributed by atoms with Crippen LogP contribution in [0.1, 0.15) is 12.5 Å². The van der Waals surface area contributed by atoms with E-state index in [1.165, 1.54) is 0 Å². The number of benzene rings is 1. The first-order valence-corrected chi connectivity index (χ1v) is 4.00. The number of hydrogen-bond donors (Lipinski definition) is 1. The van der Waals surface area contributed by atoms with Gasteiger partial charge in [0.1, 0.15) is 11.3 Å². The van der Waals surface area contributed by atoms with E-state index in [0.29, 0.717) is 0 Å². The molecule has 2 nitrogen and oxygen atoms in total. The summed E-state index contributed by atoms with van der Waals surface area (Å²) in [5.41, 5.74) is 1.88. The first-order valence-electron chi connectivity index (χ1n) is 4.00. The van der Waals surface area contributed by atoms with Gasteiger partial charge in [-0.25, -0.2) is 0 Å². The molecule has 0 saturated heterocycles. The third-order valence-electron chi connectivity index (χ3n) is 2.02. The van der Waals surface area contributed by atoms with Crippen LogP contribution >= 0.6 is 0 Å². The number of aryl methyl sites for hydroxylation is 1. The standard InChI is InChI=1S/C10H10O2/c1-2-7-5-8(11)6-10-9(7)3-4-12-10/h3-6,11H,2H2,1H3. The molecule has 0 radical (unpaired) electrons. The van der Waals surface area contributed by atoms with Crippen molar-refractivity contribution in [2.24, 2.45) is 0 Å². The van der Waals surface area contributed by atoms with Crippen molar-refractivity contribution in [2.75, 3.05) is 0 Å². The van der Waals surface area contributed by atoms with Gasteiger partial charge in [-0.1, -0.05) is 6.92 Å². The molecule has 0 unspecified atom stereocenters. The Bertz CT molecular complexity index is 401. The first kappa shape index (κ1) is 7.22. The van der Waals surface area contributed by atoms with Gasteiger partial charge in [-0.05, 0) is 24.1 Å². The van der Waals surface area contributed by atoms with Crippen LogP contribution in [0.2, 0.25) is 0 Å². The number of hydrogen-bond acceptors (Lipinski definition) is 2. The van der Waals surface area contributed by atoms with Crippen LogP contribution in [0.4, 0.5) is 0 Å². The highest BCUT2D eigenvalue weighted by Crippen LogP contribution is 2.25. The highest BCUT2D eigenvalue weighted by atomic mass is 16.3. The lowest BCUT2D eigenvalue weighted by atomic mass is 10.1. The quantitative estimate of drug-likeness (QED) is 0.699. The maximum Gasteiger partial charge on any atom is 0.137 e. The summed E-state index contributed by atoms with van der Waals surface area (Å²) >= 11 is 0. The molecule has 0 aliphatic rings. The smallest absolute Gasteiger partial charge is 0.137 e. The number of fused-ring (bicyclic) bond motifs is 1. The Labute approximate surface area is 70.4 Å². The molecule has 1 aromatic carbocycles. The molecule has 0 atom stereocenters. The van der Waals surface area contributed by atoms with Gasteiger partial charge in [0, 0.05) is 11.5 Å². The Morgan fingerprint density at radius 1 is 1.42 bits per heavy atom. The third kappa shape index (κ3) is 0.961. The largest absolute Gasteiger partial charge is 0.508 e. The normalized spacial score (nSPS) is 10.8. The van der Waals surface area contributed by atoms with Gasteiger partial charge in [0.15, 0.2) is 0 Å². The number of furan rings is 1. The minimum absolute atomic E-state index is 0.273. The van der Waals surface area contributed by atoms with Gasteiger partial charge >= 0.3 is 0 Å². The van der Waals surface area contributed by atoms with Crippen molar-refractivity contribution in [3.8, 4) is 5.75 Å². The minimum Gasteiger partial charge on any atom is -0.508 e. The zero-order chi connectivity index (χ0) is 8.55. The molecule has 2 aromatic rings. The topological polar surface area (TPSA) is 33.4 Å². The van der Waals surface area contributed by atoms with Gasteiger partial charge in [-0.2, -0.15) is 0 Å². The molecule has 12 heavy (non-hydrogen) atoms. The molecular weight excluding hydrogens is 152 g/mol. The van der Waals surface area contributed by atoms with Crippen LogP contribution in [0, 0.1) is 0 Å². The van der Waals surface area contributed by atoms with Gasteiger partial charge in [0.05, 0.1) is 6.26 Å². The summed E-state index contributed by atoms with van der Waals surface area (Å²) in [6, 6.07) is 5.33. The maximum atomic E-state index is 9.30. The van der Waals surface area contributed by atoms with Crippen molar-refractivity contribution in [3.05, 3.63) is 30.0 Å². The SMILES string of the molecule is CCc1cc(O)cc2occc12. The molecule has 0 bridgehead atoms. The average molecular weight is 162 g/mol. The van der Waals surface area contributed by atoms with Crippen LogP contribution in [0.3, 0.4) is 0 Å². The van der Waals surface area contributed by atoms with E-state index in [4.69, 9.17) is 4.42 Å². The van der Waals surface area contributed by atoms with E-state index >= 15 is 0 Å². The highest BCUT2D eigenvalue weighted by Gasteiger charge is 2.03. The van der Waals surface area contributed by atoms with Crippen molar-refractivity contribution >= 4 is 11.0 Å². The Balaban J connectivity index is 2.80. The number of phenolic OH excluding ortho intramolecular Hbond substituents is 1. The highest BCUT2D eigenvalue weighted by molar-refractivity contribution is 5.82. The lowest BCUT2D eigenvalue weighted by Crippen LogP contribution is -1.79. The van der Waals surface area contributed by atoms with E-state index < -0.39 is 0 Å². The fraction of sp³-hybridized carbons (Fsp3) is 0.200. The summed E-state index contributed by atoms with van der Waals surface area (Å²) in [5, 5.41) is 10.4. The predicted molar refractivity (Wildman–Crippen MR) is 47.3 cm³/mol. The molecule has 1 N–H and O–H groups in total. The first-order chi connectivity index (χ1) is 5.81. The minimum atomic E-state index is 0.273. The average Bonchev–Trinajstić information content (AvgIpc) is 2.50. The lowest BCUT2D eigenvalue weighted by Gasteiger charge is -1.99. The van der Waals surface area contributed by atoms with E-state index in [1.54, 1.807) is 18.4 Å². The second kappa shape index (κ2) is 2.55. The van der Waals surface area contributed by atoms with Crippen LogP contribution in [0.15, 0.2) is 28.9 Å². The van der Waals surface area contributed by atoms with Crippen molar-refractivity contribution in [1.29, 1.82) is 0 Å². The molecule has 1 aromatic heterocycles. The Kier molecular flexibility index (Phi) is 1.54. The molecule has 0 saturated carbocycles. The molecule has 0 amide bonds. The third-order valence-corrected chi connectivity index (χ3v) is 2.02. The molecule has 2 heteroatoms. The summed E-state index contributed by atoms with van der Waals surface area (Å²) in [6.07, 6.45) is 2.55. The Hall–Kier alpha value is -1.44. The summed E-state index contributed by atoms with van der Waals surface area (Å²) in [6.45, 7) is 2.06. The van der Waals surface area contributed by atoms with Crippen LogP contribution in [0.5, 0.6) is 5.75 Å². The van der Waals surface area contributed by atoms with E-state index in [-0.39, 0.29) is 5.75 Å². The van der Waals surface area contributed by atoms with Crippen molar-refractivity contribution in [1.82, 2.24) is 0 Å². The van der Waals surface area contributed by atoms with Crippen LogP contribution in [-0.2, 0) is 6.42 Å². The summed E-state index contributed by atoms with van der Waals surface area (Å²) in [4.78, 5) is 0. The molecule has 0 spiro atoms. The number of aromatic hydroxyl groups is 1. The maximum absolute atomic E-state index is 9.30. The van der Waals surface area contributed by atoms with Crippen molar-refractivity contribution in [3.63, 3.8) is 0 Å². The van der Waals surface area contributed by atoms with Crippen molar-refractivity contribution < 1.29 is 9.52 Å². The molecule has 1 heterocycles. The molecule has 0 aliphatic carbocycles. The van der Waals surface area contributed by atoms with Crippen molar-refractivity contribution in [2.45, 2.75) is 13.3 Å². The van der Waals surface area contributed by atoms with Crippen LogP contribution in [-0.4, -0.2) is 5.11 Å². The molecule has 0 fully saturated rings. The summed E-state index contributed by atoms with van der Waals surface area (Å²) in [5.74, 6) is 0.273. The van der Waals surface area contributed by atoms with Gasteiger partial charge in [-0.15, -0.1) is 0 Å². The van der Waals surface area contributed by atoms with E-state index in [0.717, 1.165) is 23.0 Å². The Morgan fingerprint density at radius 2 is 2.25 bits per heavy atom. The monoisotopic (exact) mass is 162 g/mol. The number of rotatable bonds is 1. The second-order valence-electron chi connectivity index (χ2n) is 2.79. The van der Waals surface area contributed by atoms with Gasteiger partial charge in [0.2, 0.25) is 0 Å². The lowest BCUT2D eigenvalue weighted by molar-refractivity contribution is 0.474. The van der Waals surface area contributed by atoms with E-state index in [1.807, 2.05) is 6.07 Å². The number of phenols is 1.